The summed E-state index contributed by atoms with van der Waals surface area (Å²) < 4.78 is 45.5. The maximum atomic E-state index is 12.8. The Morgan fingerprint density at radius 1 is 1.11 bits per heavy atom. The fraction of sp³-hybridized carbons (Fsp3) is 0.167. The van der Waals surface area contributed by atoms with Crippen molar-refractivity contribution >= 4 is 11.6 Å². The summed E-state index contributed by atoms with van der Waals surface area (Å²) in [4.78, 5) is 28.3. The van der Waals surface area contributed by atoms with Gasteiger partial charge in [0.15, 0.2) is 5.82 Å². The van der Waals surface area contributed by atoms with E-state index < -0.39 is 23.0 Å². The summed E-state index contributed by atoms with van der Waals surface area (Å²) in [6.07, 6.45) is -2.93. The molecule has 6 nitrogen and oxygen atoms in total. The van der Waals surface area contributed by atoms with Crippen molar-refractivity contribution in [3.8, 4) is 11.6 Å². The number of aromatic nitrogens is 3. The fourth-order valence-electron chi connectivity index (χ4n) is 2.42. The Labute approximate surface area is 161 Å². The lowest BCUT2D eigenvalue weighted by molar-refractivity contribution is -0.137. The van der Waals surface area contributed by atoms with E-state index in [1.165, 1.54) is 0 Å². The zero-order valence-corrected chi connectivity index (χ0v) is 14.9. The van der Waals surface area contributed by atoms with Crippen molar-refractivity contribution in [2.24, 2.45) is 0 Å². The molecule has 0 radical (unpaired) electrons. The van der Waals surface area contributed by atoms with Crippen LogP contribution in [0.25, 0.3) is 5.82 Å². The first kappa shape index (κ1) is 19.7. The normalized spacial score (nSPS) is 11.4. The van der Waals surface area contributed by atoms with Crippen LogP contribution in [0.15, 0.2) is 64.4 Å². The highest BCUT2D eigenvalue weighted by molar-refractivity contribution is 6.32. The predicted octanol–water partition coefficient (Wildman–Crippen LogP) is 3.15. The maximum Gasteiger partial charge on any atom is 0.417 e. The Hall–Kier alpha value is -3.07. The molecule has 3 aromatic rings. The fourth-order valence-corrected chi connectivity index (χ4v) is 2.68. The Morgan fingerprint density at radius 3 is 2.46 bits per heavy atom. The molecule has 0 amide bonds. The number of hydrogen-bond acceptors (Lipinski definition) is 4. The van der Waals surface area contributed by atoms with Crippen molar-refractivity contribution in [3.63, 3.8) is 0 Å². The third kappa shape index (κ3) is 4.25. The van der Waals surface area contributed by atoms with Crippen molar-refractivity contribution in [1.29, 1.82) is 0 Å². The molecular weight excluding hydrogens is 399 g/mol. The molecule has 28 heavy (non-hydrogen) atoms. The summed E-state index contributed by atoms with van der Waals surface area (Å²) in [5.74, 6) is 0.358. The minimum Gasteiger partial charge on any atom is -0.492 e. The van der Waals surface area contributed by atoms with Crippen molar-refractivity contribution in [1.82, 2.24) is 14.1 Å². The Morgan fingerprint density at radius 2 is 1.82 bits per heavy atom. The molecule has 0 atom stereocenters. The highest BCUT2D eigenvalue weighted by atomic mass is 35.5. The number of alkyl halides is 3. The van der Waals surface area contributed by atoms with Gasteiger partial charge in [-0.05, 0) is 18.2 Å². The zero-order valence-electron chi connectivity index (χ0n) is 14.2. The van der Waals surface area contributed by atoms with E-state index >= 15 is 0 Å². The van der Waals surface area contributed by atoms with Gasteiger partial charge in [-0.3, -0.25) is 13.9 Å². The standard InChI is InChI=1S/C18H13ClF3N3O3/c19-14-10-12(18(20,21)22)11-23-16(14)25-7-6-15(26)24(17(25)27)8-9-28-13-4-2-1-3-5-13/h1-7,10-11H,8-9H2. The molecule has 10 heteroatoms. The third-order valence-corrected chi connectivity index (χ3v) is 4.05. The second-order valence-electron chi connectivity index (χ2n) is 5.65. The molecule has 0 aliphatic heterocycles. The van der Waals surface area contributed by atoms with Crippen molar-refractivity contribution < 1.29 is 17.9 Å². The molecule has 0 aliphatic carbocycles. The van der Waals surface area contributed by atoms with Gasteiger partial charge in [-0.1, -0.05) is 29.8 Å². The van der Waals surface area contributed by atoms with E-state index in [9.17, 15) is 22.8 Å². The molecule has 2 aromatic heterocycles. The molecule has 0 saturated heterocycles. The van der Waals surface area contributed by atoms with E-state index in [4.69, 9.17) is 16.3 Å². The molecule has 0 bridgehead atoms. The number of hydrogen-bond donors (Lipinski definition) is 0. The molecule has 146 valence electrons. The van der Waals surface area contributed by atoms with E-state index in [1.807, 2.05) is 6.07 Å². The zero-order chi connectivity index (χ0) is 20.3. The molecule has 1 aromatic carbocycles. The van der Waals surface area contributed by atoms with Crippen molar-refractivity contribution in [2.45, 2.75) is 12.7 Å². The van der Waals surface area contributed by atoms with Gasteiger partial charge in [0.1, 0.15) is 12.4 Å². The molecule has 0 N–H and O–H groups in total. The topological polar surface area (TPSA) is 66.1 Å². The van der Waals surface area contributed by atoms with Crippen LogP contribution < -0.4 is 16.0 Å². The lowest BCUT2D eigenvalue weighted by Gasteiger charge is -2.12. The SMILES string of the molecule is O=c1ccn(-c2ncc(C(F)(F)F)cc2Cl)c(=O)n1CCOc1ccccc1. The summed E-state index contributed by atoms with van der Waals surface area (Å²) in [6.45, 7) is -0.0248. The van der Waals surface area contributed by atoms with Crippen LogP contribution in [0.4, 0.5) is 13.2 Å². The molecule has 3 rings (SSSR count). The monoisotopic (exact) mass is 411 g/mol. The summed E-state index contributed by atoms with van der Waals surface area (Å²) in [6, 6.07) is 10.6. The molecular formula is C18H13ClF3N3O3. The van der Waals surface area contributed by atoms with Crippen LogP contribution in [-0.2, 0) is 12.7 Å². The average molecular weight is 412 g/mol. The lowest BCUT2D eigenvalue weighted by Crippen LogP contribution is -2.40. The van der Waals surface area contributed by atoms with Gasteiger partial charge in [-0.2, -0.15) is 13.2 Å². The molecule has 0 unspecified atom stereocenters. The van der Waals surface area contributed by atoms with Crippen LogP contribution in [0.3, 0.4) is 0 Å². The van der Waals surface area contributed by atoms with Crippen molar-refractivity contribution in [2.75, 3.05) is 6.61 Å². The van der Waals surface area contributed by atoms with Crippen LogP contribution in [0, 0.1) is 0 Å². The van der Waals surface area contributed by atoms with Gasteiger partial charge in [0.2, 0.25) is 0 Å². The number of halogens is 4. The number of ether oxygens (including phenoxy) is 1. The molecule has 2 heterocycles. The number of rotatable bonds is 5. The van der Waals surface area contributed by atoms with Gasteiger partial charge >= 0.3 is 11.9 Å². The summed E-state index contributed by atoms with van der Waals surface area (Å²) >= 11 is 5.88. The van der Waals surface area contributed by atoms with E-state index in [0.29, 0.717) is 18.0 Å². The van der Waals surface area contributed by atoms with Crippen LogP contribution in [0.5, 0.6) is 5.75 Å². The quantitative estimate of drug-likeness (QED) is 0.647. The van der Waals surface area contributed by atoms with Gasteiger partial charge in [-0.25, -0.2) is 9.78 Å². The Kier molecular flexibility index (Phi) is 5.55. The smallest absolute Gasteiger partial charge is 0.417 e. The van der Waals surface area contributed by atoms with Gasteiger partial charge < -0.3 is 4.74 Å². The second-order valence-corrected chi connectivity index (χ2v) is 6.05. The number of nitrogens with zero attached hydrogens (tertiary/aromatic N) is 3. The number of benzene rings is 1. The third-order valence-electron chi connectivity index (χ3n) is 3.77. The lowest BCUT2D eigenvalue weighted by atomic mass is 10.3. The second kappa shape index (κ2) is 7.89. The minimum atomic E-state index is -4.62. The first-order valence-corrected chi connectivity index (χ1v) is 8.38. The highest BCUT2D eigenvalue weighted by Gasteiger charge is 2.31. The Balaban J connectivity index is 1.89. The largest absolute Gasteiger partial charge is 0.492 e. The maximum absolute atomic E-state index is 12.8. The first-order valence-electron chi connectivity index (χ1n) is 8.01. The van der Waals surface area contributed by atoms with Gasteiger partial charge in [-0.15, -0.1) is 0 Å². The number of para-hydroxylation sites is 1. The van der Waals surface area contributed by atoms with E-state index in [0.717, 1.165) is 21.4 Å². The summed E-state index contributed by atoms with van der Waals surface area (Å²) in [7, 11) is 0. The first-order chi connectivity index (χ1) is 13.3. The van der Waals surface area contributed by atoms with Crippen LogP contribution in [0.2, 0.25) is 5.02 Å². The summed E-state index contributed by atoms with van der Waals surface area (Å²) in [5, 5.41) is -0.373. The van der Waals surface area contributed by atoms with E-state index in [1.54, 1.807) is 24.3 Å². The highest BCUT2D eigenvalue weighted by Crippen LogP contribution is 2.31. The van der Waals surface area contributed by atoms with E-state index in [-0.39, 0.29) is 24.0 Å². The molecule has 0 saturated carbocycles. The van der Waals surface area contributed by atoms with Gasteiger partial charge in [0.05, 0.1) is 17.1 Å². The van der Waals surface area contributed by atoms with Gasteiger partial charge in [0, 0.05) is 18.5 Å². The van der Waals surface area contributed by atoms with Crippen LogP contribution in [-0.4, -0.2) is 20.7 Å². The number of pyridine rings is 1. The molecule has 0 spiro atoms. The van der Waals surface area contributed by atoms with E-state index in [2.05, 4.69) is 4.98 Å². The minimum absolute atomic E-state index is 0.0390. The molecule has 0 aliphatic rings. The molecule has 0 fully saturated rings. The van der Waals surface area contributed by atoms with Crippen LogP contribution in [0.1, 0.15) is 5.56 Å². The predicted molar refractivity (Wildman–Crippen MR) is 96.0 cm³/mol. The summed E-state index contributed by atoms with van der Waals surface area (Å²) in [5.41, 5.74) is -2.42. The van der Waals surface area contributed by atoms with Gasteiger partial charge in [0.25, 0.3) is 5.56 Å². The van der Waals surface area contributed by atoms with Crippen LogP contribution >= 0.6 is 11.6 Å². The Bertz CT molecular complexity index is 1090. The van der Waals surface area contributed by atoms with Crippen molar-refractivity contribution in [3.05, 3.63) is 86.3 Å². The average Bonchev–Trinajstić information content (AvgIpc) is 2.65.